The number of hydrogen-bond acceptors (Lipinski definition) is 7. The lowest BCUT2D eigenvalue weighted by Crippen LogP contribution is -2.45. The number of nitrogens with two attached hydrogens (primary N) is 1. The molecule has 0 bridgehead atoms. The van der Waals surface area contributed by atoms with Crippen molar-refractivity contribution in [3.63, 3.8) is 0 Å². The number of carbonyl (C=O) groups excluding carboxylic acids is 3. The third-order valence-corrected chi connectivity index (χ3v) is 7.35. The summed E-state index contributed by atoms with van der Waals surface area (Å²) in [4.78, 5) is 40.6. The second-order valence-corrected chi connectivity index (χ2v) is 10.9. The maximum absolute atomic E-state index is 12.3. The van der Waals surface area contributed by atoms with Crippen LogP contribution in [0.25, 0.3) is 0 Å². The van der Waals surface area contributed by atoms with Gasteiger partial charge in [-0.25, -0.2) is 14.4 Å². The minimum atomic E-state index is -0.660. The van der Waals surface area contributed by atoms with E-state index in [4.69, 9.17) is 20.2 Å². The van der Waals surface area contributed by atoms with Gasteiger partial charge in [0.05, 0.1) is 23.3 Å². The highest BCUT2D eigenvalue weighted by atomic mass is 32.2. The lowest BCUT2D eigenvalue weighted by Gasteiger charge is -2.30. The van der Waals surface area contributed by atoms with Gasteiger partial charge in [-0.15, -0.1) is 11.8 Å². The Kier molecular flexibility index (Phi) is 11.2. The van der Waals surface area contributed by atoms with Crippen LogP contribution in [0.3, 0.4) is 0 Å². The highest BCUT2D eigenvalue weighted by Crippen LogP contribution is 2.34. The van der Waals surface area contributed by atoms with Gasteiger partial charge in [0.25, 0.3) is 0 Å². The number of primary amides is 1. The molecule has 1 saturated carbocycles. The van der Waals surface area contributed by atoms with E-state index in [2.05, 4.69) is 22.5 Å². The van der Waals surface area contributed by atoms with Crippen LogP contribution in [-0.4, -0.2) is 59.3 Å². The Morgan fingerprint density at radius 1 is 1.06 bits per heavy atom. The molecule has 3 atom stereocenters. The lowest BCUT2D eigenvalue weighted by molar-refractivity contribution is 0.108. The van der Waals surface area contributed by atoms with Crippen LogP contribution in [-0.2, 0) is 9.47 Å². The molecule has 10 nitrogen and oxygen atoms in total. The predicted molar refractivity (Wildman–Crippen MR) is 138 cm³/mol. The maximum Gasteiger partial charge on any atom is 0.407 e. The van der Waals surface area contributed by atoms with Crippen molar-refractivity contribution >= 4 is 35.0 Å². The molecule has 0 spiro atoms. The molecule has 1 fully saturated rings. The van der Waals surface area contributed by atoms with Gasteiger partial charge in [-0.3, -0.25) is 4.99 Å². The van der Waals surface area contributed by atoms with E-state index in [-0.39, 0.29) is 48.3 Å². The van der Waals surface area contributed by atoms with Gasteiger partial charge in [0, 0.05) is 41.8 Å². The average Bonchev–Trinajstić information content (AvgIpc) is 2.86. The zero-order valence-corrected chi connectivity index (χ0v) is 22.3. The van der Waals surface area contributed by atoms with E-state index in [1.165, 1.54) is 0 Å². The molecule has 35 heavy (non-hydrogen) atoms. The molecule has 2 rings (SSSR count). The van der Waals surface area contributed by atoms with Crippen molar-refractivity contribution in [3.05, 3.63) is 12.3 Å². The first-order valence-electron chi connectivity index (χ1n) is 12.3. The summed E-state index contributed by atoms with van der Waals surface area (Å²) >= 11 is 1.66. The van der Waals surface area contributed by atoms with E-state index < -0.39 is 12.1 Å². The molecule has 0 saturated heterocycles. The zero-order chi connectivity index (χ0) is 26.1. The third-order valence-electron chi connectivity index (χ3n) is 6.09. The number of nitrogens with one attached hydrogen (secondary N) is 3. The van der Waals surface area contributed by atoms with Crippen molar-refractivity contribution in [2.75, 3.05) is 5.75 Å². The van der Waals surface area contributed by atoms with E-state index in [0.717, 1.165) is 30.7 Å². The van der Waals surface area contributed by atoms with Crippen LogP contribution < -0.4 is 21.7 Å². The van der Waals surface area contributed by atoms with Gasteiger partial charge in [0.2, 0.25) is 0 Å². The molecule has 0 aromatic heterocycles. The number of amides is 4. The molecule has 198 valence electrons. The Morgan fingerprint density at radius 2 is 1.63 bits per heavy atom. The number of carbonyl (C=O) groups is 3. The van der Waals surface area contributed by atoms with Crippen molar-refractivity contribution in [2.45, 2.75) is 97.1 Å². The Labute approximate surface area is 212 Å². The van der Waals surface area contributed by atoms with E-state index in [1.807, 2.05) is 34.6 Å². The minimum absolute atomic E-state index is 0.0186. The average molecular weight is 512 g/mol. The van der Waals surface area contributed by atoms with Gasteiger partial charge in [-0.05, 0) is 53.4 Å². The van der Waals surface area contributed by atoms with Crippen LogP contribution in [0.5, 0.6) is 0 Å². The number of ether oxygens (including phenoxy) is 2. The molecule has 0 aromatic rings. The van der Waals surface area contributed by atoms with Crippen LogP contribution >= 0.6 is 11.8 Å². The topological polar surface area (TPSA) is 144 Å². The molecule has 11 heteroatoms. The summed E-state index contributed by atoms with van der Waals surface area (Å²) in [5.74, 6) is 0.917. The smallest absolute Gasteiger partial charge is 0.407 e. The van der Waals surface area contributed by atoms with Crippen molar-refractivity contribution < 1.29 is 23.9 Å². The van der Waals surface area contributed by atoms with Gasteiger partial charge in [-0.2, -0.15) is 0 Å². The first kappa shape index (κ1) is 28.8. The predicted octanol–water partition coefficient (Wildman–Crippen LogP) is 3.91. The standard InChI is InChI=1S/C24H41N5O5S/c1-13(2)33-23(31)27-18-9-7-17(8-10-18)21-28-19(11-15(5)26-22(25)30)16(6)20(12-35-21)29-24(32)34-14(3)4/h13-14,16-20H,5,7-12H2,1-4,6H3,(H,27,31)(H,29,32)(H3,25,26,30)/t16-,17?,18?,19-,20?/m0/s1. The summed E-state index contributed by atoms with van der Waals surface area (Å²) in [7, 11) is 0. The molecule has 1 unspecified atom stereocenters. The molecule has 0 aromatic carbocycles. The SMILES string of the molecule is C=C(C[C@@H]1N=C(C2CCC(NC(=O)OC(C)C)CC2)SCC(NC(=O)OC(C)C)[C@H]1C)NC(N)=O. The zero-order valence-electron chi connectivity index (χ0n) is 21.5. The summed E-state index contributed by atoms with van der Waals surface area (Å²) in [6.45, 7) is 13.2. The number of alkyl carbamates (subject to hydrolysis) is 2. The number of rotatable bonds is 8. The number of thioether (sulfide) groups is 1. The molecule has 4 amide bonds. The van der Waals surface area contributed by atoms with Crippen molar-refractivity contribution in [1.82, 2.24) is 16.0 Å². The van der Waals surface area contributed by atoms with Crippen LogP contribution in [0.1, 0.15) is 66.7 Å². The Balaban J connectivity index is 2.08. The van der Waals surface area contributed by atoms with Crippen LogP contribution in [0, 0.1) is 11.8 Å². The third kappa shape index (κ3) is 9.99. The molecule has 2 aliphatic rings. The monoisotopic (exact) mass is 511 g/mol. The molecule has 1 aliphatic heterocycles. The summed E-state index contributed by atoms with van der Waals surface area (Å²) in [6.07, 6.45) is 2.71. The van der Waals surface area contributed by atoms with Crippen molar-refractivity contribution in [1.29, 1.82) is 0 Å². The number of aliphatic imine (C=N–C) groups is 1. The second kappa shape index (κ2) is 13.6. The molecule has 0 radical (unpaired) electrons. The quantitative estimate of drug-likeness (QED) is 0.389. The molecule has 1 heterocycles. The van der Waals surface area contributed by atoms with Crippen LogP contribution in [0.2, 0.25) is 0 Å². The maximum atomic E-state index is 12.3. The van der Waals surface area contributed by atoms with Gasteiger partial charge in [-0.1, -0.05) is 13.5 Å². The van der Waals surface area contributed by atoms with Crippen LogP contribution in [0.4, 0.5) is 14.4 Å². The molecular formula is C24H41N5O5S. The minimum Gasteiger partial charge on any atom is -0.447 e. The highest BCUT2D eigenvalue weighted by Gasteiger charge is 2.35. The van der Waals surface area contributed by atoms with Gasteiger partial charge < -0.3 is 31.2 Å². The van der Waals surface area contributed by atoms with Crippen molar-refractivity contribution in [3.8, 4) is 0 Å². The van der Waals surface area contributed by atoms with Crippen molar-refractivity contribution in [2.24, 2.45) is 22.6 Å². The fourth-order valence-electron chi connectivity index (χ4n) is 4.32. The van der Waals surface area contributed by atoms with E-state index in [1.54, 1.807) is 11.8 Å². The van der Waals surface area contributed by atoms with Gasteiger partial charge in [0.1, 0.15) is 0 Å². The van der Waals surface area contributed by atoms with E-state index in [0.29, 0.717) is 17.9 Å². The van der Waals surface area contributed by atoms with E-state index >= 15 is 0 Å². The van der Waals surface area contributed by atoms with Gasteiger partial charge in [0.15, 0.2) is 0 Å². The summed E-state index contributed by atoms with van der Waals surface area (Å²) in [5, 5.41) is 9.54. The summed E-state index contributed by atoms with van der Waals surface area (Å²) in [6, 6.07) is -0.932. The Bertz CT molecular complexity index is 795. The highest BCUT2D eigenvalue weighted by molar-refractivity contribution is 8.14. The largest absolute Gasteiger partial charge is 0.447 e. The summed E-state index contributed by atoms with van der Waals surface area (Å²) in [5.41, 5.74) is 5.75. The molecule has 1 aliphatic carbocycles. The summed E-state index contributed by atoms with van der Waals surface area (Å²) < 4.78 is 10.5. The fourth-order valence-corrected chi connectivity index (χ4v) is 5.74. The lowest BCUT2D eigenvalue weighted by atomic mass is 9.86. The Hall–Kier alpha value is -2.43. The Morgan fingerprint density at radius 3 is 2.17 bits per heavy atom. The number of hydrogen-bond donors (Lipinski definition) is 4. The normalized spacial score (nSPS) is 26.8. The molecule has 5 N–H and O–H groups in total. The number of nitrogens with zero attached hydrogens (tertiary/aromatic N) is 1. The van der Waals surface area contributed by atoms with Gasteiger partial charge >= 0.3 is 18.2 Å². The van der Waals surface area contributed by atoms with E-state index in [9.17, 15) is 14.4 Å². The first-order valence-corrected chi connectivity index (χ1v) is 13.3. The second-order valence-electron chi connectivity index (χ2n) is 9.85. The first-order chi connectivity index (χ1) is 16.4. The molecular weight excluding hydrogens is 470 g/mol. The fraction of sp³-hybridized carbons (Fsp3) is 0.750. The van der Waals surface area contributed by atoms with Crippen LogP contribution in [0.15, 0.2) is 17.3 Å². The number of urea groups is 1.